The zero-order valence-corrected chi connectivity index (χ0v) is 16.2. The fraction of sp³-hybridized carbons (Fsp3) is 0.409. The summed E-state index contributed by atoms with van der Waals surface area (Å²) in [6.45, 7) is 5.10. The number of likely N-dealkylation sites (tertiary alicyclic amines) is 2. The Hall–Kier alpha value is -2.73. The van der Waals surface area contributed by atoms with Gasteiger partial charge in [-0.2, -0.15) is 0 Å². The molecule has 2 aromatic rings. The monoisotopic (exact) mass is 378 g/mol. The molecule has 2 amide bonds. The lowest BCUT2D eigenvalue weighted by Crippen LogP contribution is -2.64. The second kappa shape index (κ2) is 8.10. The van der Waals surface area contributed by atoms with Gasteiger partial charge in [-0.15, -0.1) is 0 Å². The Morgan fingerprint density at radius 2 is 1.96 bits per heavy atom. The molecule has 0 bridgehead atoms. The third-order valence-corrected chi connectivity index (χ3v) is 5.77. The maximum absolute atomic E-state index is 12.2. The summed E-state index contributed by atoms with van der Waals surface area (Å²) in [5.41, 5.74) is 3.44. The molecule has 2 aliphatic rings. The van der Waals surface area contributed by atoms with Crippen LogP contribution in [0.3, 0.4) is 0 Å². The molecule has 2 atom stereocenters. The number of rotatable bonds is 5. The molecule has 0 spiro atoms. The largest absolute Gasteiger partial charge is 0.347 e. The van der Waals surface area contributed by atoms with Gasteiger partial charge < -0.3 is 10.2 Å². The van der Waals surface area contributed by atoms with E-state index in [9.17, 15) is 9.59 Å². The van der Waals surface area contributed by atoms with Gasteiger partial charge in [-0.3, -0.25) is 19.5 Å². The van der Waals surface area contributed by atoms with Gasteiger partial charge in [0.15, 0.2) is 0 Å². The molecule has 2 aliphatic heterocycles. The fourth-order valence-corrected chi connectivity index (χ4v) is 4.25. The maximum atomic E-state index is 12.2. The molecule has 1 aromatic carbocycles. The van der Waals surface area contributed by atoms with E-state index < -0.39 is 0 Å². The van der Waals surface area contributed by atoms with E-state index in [0.29, 0.717) is 12.0 Å². The highest BCUT2D eigenvalue weighted by Crippen LogP contribution is 2.33. The molecular formula is C22H26N4O2. The summed E-state index contributed by atoms with van der Waals surface area (Å²) in [6.07, 6.45) is 2.82. The Kier molecular flexibility index (Phi) is 5.39. The predicted octanol–water partition coefficient (Wildman–Crippen LogP) is 1.92. The standard InChI is InChI=1S/C22H26N4O2/c1-16(27)24-12-22(28)25-11-9-21-19(14-25)15-26(21)13-17-5-7-18(8-6-17)20-4-2-3-10-23-20/h2-8,10,19,21H,9,11-15H2,1H3,(H,24,27)/t19-,21-/m0/s1. The van der Waals surface area contributed by atoms with E-state index in [4.69, 9.17) is 0 Å². The Balaban J connectivity index is 1.28. The minimum atomic E-state index is -0.160. The Morgan fingerprint density at radius 1 is 1.14 bits per heavy atom. The van der Waals surface area contributed by atoms with E-state index in [1.807, 2.05) is 29.3 Å². The Bertz CT molecular complexity index is 837. The van der Waals surface area contributed by atoms with Gasteiger partial charge in [0.25, 0.3) is 0 Å². The highest BCUT2D eigenvalue weighted by atomic mass is 16.2. The van der Waals surface area contributed by atoms with E-state index in [2.05, 4.69) is 39.5 Å². The molecule has 6 nitrogen and oxygen atoms in total. The van der Waals surface area contributed by atoms with Crippen LogP contribution in [0.5, 0.6) is 0 Å². The molecule has 4 rings (SSSR count). The highest BCUT2D eigenvalue weighted by Gasteiger charge is 2.43. The molecule has 0 aliphatic carbocycles. The Morgan fingerprint density at radius 3 is 2.64 bits per heavy atom. The summed E-state index contributed by atoms with van der Waals surface area (Å²) in [6, 6.07) is 15.2. The summed E-state index contributed by atoms with van der Waals surface area (Å²) in [4.78, 5) is 32.0. The highest BCUT2D eigenvalue weighted by molar-refractivity contribution is 5.83. The average Bonchev–Trinajstić information content (AvgIpc) is 2.71. The molecule has 1 N–H and O–H groups in total. The molecule has 1 aromatic heterocycles. The molecule has 28 heavy (non-hydrogen) atoms. The maximum Gasteiger partial charge on any atom is 0.241 e. The minimum Gasteiger partial charge on any atom is -0.347 e. The number of hydrogen-bond acceptors (Lipinski definition) is 4. The van der Waals surface area contributed by atoms with Gasteiger partial charge in [0.1, 0.15) is 0 Å². The van der Waals surface area contributed by atoms with Crippen molar-refractivity contribution in [2.24, 2.45) is 5.92 Å². The van der Waals surface area contributed by atoms with Crippen molar-refractivity contribution in [3.05, 3.63) is 54.2 Å². The van der Waals surface area contributed by atoms with Crippen LogP contribution in [0.2, 0.25) is 0 Å². The molecule has 0 radical (unpaired) electrons. The number of amides is 2. The van der Waals surface area contributed by atoms with Crippen molar-refractivity contribution in [3.8, 4) is 11.3 Å². The van der Waals surface area contributed by atoms with Crippen molar-refractivity contribution in [1.29, 1.82) is 0 Å². The van der Waals surface area contributed by atoms with Crippen molar-refractivity contribution in [2.45, 2.75) is 25.9 Å². The van der Waals surface area contributed by atoms with Crippen molar-refractivity contribution in [1.82, 2.24) is 20.1 Å². The van der Waals surface area contributed by atoms with Crippen LogP contribution in [0.15, 0.2) is 48.7 Å². The average molecular weight is 378 g/mol. The van der Waals surface area contributed by atoms with E-state index in [1.54, 1.807) is 0 Å². The molecule has 0 saturated carbocycles. The van der Waals surface area contributed by atoms with Crippen LogP contribution in [-0.2, 0) is 16.1 Å². The molecule has 146 valence electrons. The molecule has 2 fully saturated rings. The quantitative estimate of drug-likeness (QED) is 0.863. The smallest absolute Gasteiger partial charge is 0.241 e. The molecule has 0 unspecified atom stereocenters. The first kappa shape index (κ1) is 18.6. The van der Waals surface area contributed by atoms with Gasteiger partial charge in [0.05, 0.1) is 12.2 Å². The zero-order valence-electron chi connectivity index (χ0n) is 16.2. The fourth-order valence-electron chi connectivity index (χ4n) is 4.25. The second-order valence-corrected chi connectivity index (χ2v) is 7.71. The lowest BCUT2D eigenvalue weighted by molar-refractivity contribution is -0.138. The number of benzene rings is 1. The number of hydrogen-bond donors (Lipinski definition) is 1. The van der Waals surface area contributed by atoms with Crippen LogP contribution < -0.4 is 5.32 Å². The van der Waals surface area contributed by atoms with Crippen LogP contribution in [0.25, 0.3) is 11.3 Å². The summed E-state index contributed by atoms with van der Waals surface area (Å²) in [5.74, 6) is 0.409. The van der Waals surface area contributed by atoms with Crippen molar-refractivity contribution in [3.63, 3.8) is 0 Å². The van der Waals surface area contributed by atoms with Crippen LogP contribution in [0, 0.1) is 5.92 Å². The van der Waals surface area contributed by atoms with Gasteiger partial charge in [0, 0.05) is 56.8 Å². The van der Waals surface area contributed by atoms with Gasteiger partial charge >= 0.3 is 0 Å². The molecular weight excluding hydrogens is 352 g/mol. The number of aromatic nitrogens is 1. The number of pyridine rings is 1. The number of carbonyl (C=O) groups excluding carboxylic acids is 2. The number of piperidine rings is 1. The van der Waals surface area contributed by atoms with Gasteiger partial charge in [-0.25, -0.2) is 0 Å². The second-order valence-electron chi connectivity index (χ2n) is 7.71. The summed E-state index contributed by atoms with van der Waals surface area (Å²) < 4.78 is 0. The summed E-state index contributed by atoms with van der Waals surface area (Å²) in [5, 5.41) is 2.60. The van der Waals surface area contributed by atoms with E-state index in [0.717, 1.165) is 43.9 Å². The topological polar surface area (TPSA) is 65.5 Å². The van der Waals surface area contributed by atoms with Crippen LogP contribution >= 0.6 is 0 Å². The van der Waals surface area contributed by atoms with Gasteiger partial charge in [-0.1, -0.05) is 30.3 Å². The normalized spacial score (nSPS) is 21.5. The van der Waals surface area contributed by atoms with E-state index in [1.165, 1.54) is 12.5 Å². The molecule has 3 heterocycles. The molecule has 6 heteroatoms. The van der Waals surface area contributed by atoms with Crippen LogP contribution in [0.1, 0.15) is 18.9 Å². The zero-order chi connectivity index (χ0) is 19.5. The van der Waals surface area contributed by atoms with Crippen LogP contribution in [0.4, 0.5) is 0 Å². The van der Waals surface area contributed by atoms with Crippen molar-refractivity contribution < 1.29 is 9.59 Å². The summed E-state index contributed by atoms with van der Waals surface area (Å²) in [7, 11) is 0. The number of carbonyl (C=O) groups is 2. The lowest BCUT2D eigenvalue weighted by atomic mass is 9.82. The number of fused-ring (bicyclic) bond motifs is 1. The third kappa shape index (κ3) is 4.07. The van der Waals surface area contributed by atoms with E-state index >= 15 is 0 Å². The summed E-state index contributed by atoms with van der Waals surface area (Å²) >= 11 is 0. The van der Waals surface area contributed by atoms with Gasteiger partial charge in [-0.05, 0) is 24.1 Å². The Labute approximate surface area is 165 Å². The van der Waals surface area contributed by atoms with E-state index in [-0.39, 0.29) is 18.4 Å². The van der Waals surface area contributed by atoms with Crippen molar-refractivity contribution in [2.75, 3.05) is 26.2 Å². The first-order chi connectivity index (χ1) is 13.6. The third-order valence-electron chi connectivity index (χ3n) is 5.77. The van der Waals surface area contributed by atoms with Crippen molar-refractivity contribution >= 4 is 11.8 Å². The van der Waals surface area contributed by atoms with Crippen LogP contribution in [-0.4, -0.2) is 58.8 Å². The SMILES string of the molecule is CC(=O)NCC(=O)N1CC[C@H]2[C@@H](C1)CN2Cc1ccc(-c2ccccn2)cc1. The van der Waals surface area contributed by atoms with Gasteiger partial charge in [0.2, 0.25) is 11.8 Å². The minimum absolute atomic E-state index is 0.0252. The lowest BCUT2D eigenvalue weighted by Gasteiger charge is -2.53. The first-order valence-corrected chi connectivity index (χ1v) is 9.87. The number of nitrogens with zero attached hydrogens (tertiary/aromatic N) is 3. The first-order valence-electron chi connectivity index (χ1n) is 9.87. The molecule has 2 saturated heterocycles. The predicted molar refractivity (Wildman–Crippen MR) is 107 cm³/mol. The number of nitrogens with one attached hydrogen (secondary N) is 1.